The van der Waals surface area contributed by atoms with E-state index in [-0.39, 0.29) is 5.69 Å². The average Bonchev–Trinajstić information content (AvgIpc) is 3.64. The summed E-state index contributed by atoms with van der Waals surface area (Å²) in [5.74, 6) is -0.512. The Bertz CT molecular complexity index is 1450. The number of aromatic nitrogens is 4. The zero-order valence-corrected chi connectivity index (χ0v) is 22.8. The number of unbranched alkanes of at least 4 members (excludes halogenated alkanes) is 1. The number of benzene rings is 2. The van der Waals surface area contributed by atoms with Crippen molar-refractivity contribution >= 4 is 22.9 Å². The van der Waals surface area contributed by atoms with Gasteiger partial charge < -0.3 is 10.1 Å². The molecule has 1 N–H and O–H groups in total. The van der Waals surface area contributed by atoms with E-state index in [1.165, 1.54) is 17.4 Å². The number of alkyl halides is 3. The maximum absolute atomic E-state index is 13.7. The molecule has 2 aromatic heterocycles. The molecule has 8 nitrogen and oxygen atoms in total. The van der Waals surface area contributed by atoms with Gasteiger partial charge in [-0.15, -0.1) is 16.4 Å². The number of halogens is 3. The number of ether oxygens (including phenoxy) is 1. The van der Waals surface area contributed by atoms with Crippen LogP contribution in [0.3, 0.4) is 0 Å². The van der Waals surface area contributed by atoms with Crippen molar-refractivity contribution in [2.24, 2.45) is 0 Å². The fourth-order valence-corrected chi connectivity index (χ4v) is 5.17. The minimum absolute atomic E-state index is 0.110. The highest BCUT2D eigenvalue weighted by Gasteiger charge is 2.31. The topological polar surface area (TPSA) is 85.2 Å². The van der Waals surface area contributed by atoms with Gasteiger partial charge in [0.1, 0.15) is 5.69 Å². The molecule has 2 aromatic carbocycles. The SMILES string of the molecule is Cc1ccc(C(=O)Nc2cc(CCCCN3CCOCC3)cc(C(F)(F)F)c2)cc1-n1cc(-c2cncs2)nn1. The van der Waals surface area contributed by atoms with Crippen LogP contribution in [-0.4, -0.2) is 63.6 Å². The van der Waals surface area contributed by atoms with E-state index in [9.17, 15) is 18.0 Å². The van der Waals surface area contributed by atoms with Gasteiger partial charge in [0.05, 0.1) is 41.0 Å². The van der Waals surface area contributed by atoms with E-state index in [1.54, 1.807) is 46.9 Å². The molecule has 0 spiro atoms. The molecule has 0 unspecified atom stereocenters. The molecule has 1 saturated heterocycles. The first kappa shape index (κ1) is 27.9. The number of rotatable bonds is 9. The molecule has 1 amide bonds. The molecule has 0 aliphatic carbocycles. The lowest BCUT2D eigenvalue weighted by Crippen LogP contribution is -2.36. The van der Waals surface area contributed by atoms with Crippen LogP contribution < -0.4 is 5.32 Å². The summed E-state index contributed by atoms with van der Waals surface area (Å²) in [5.41, 5.74) is 4.01. The zero-order valence-electron chi connectivity index (χ0n) is 21.9. The third-order valence-corrected chi connectivity index (χ3v) is 7.56. The van der Waals surface area contributed by atoms with Crippen LogP contribution in [0.25, 0.3) is 16.3 Å². The standard InChI is InChI=1S/C28H29F3N6O2S/c1-19-5-6-21(14-25(19)37-17-24(34-35-37)26-16-32-18-40-26)27(38)33-23-13-20(12-22(15-23)28(29,30)31)4-2-3-7-36-8-10-39-11-9-36/h5-6,12-18H,2-4,7-11H2,1H3,(H,33,38). The van der Waals surface area contributed by atoms with Gasteiger partial charge in [0.25, 0.3) is 5.91 Å². The molecule has 0 saturated carbocycles. The molecular weight excluding hydrogens is 541 g/mol. The zero-order chi connectivity index (χ0) is 28.1. The number of anilines is 1. The van der Waals surface area contributed by atoms with Gasteiger partial charge in [-0.1, -0.05) is 11.3 Å². The molecular formula is C28H29F3N6O2S. The third-order valence-electron chi connectivity index (χ3n) is 6.77. The molecule has 0 bridgehead atoms. The molecule has 1 fully saturated rings. The summed E-state index contributed by atoms with van der Waals surface area (Å²) in [5, 5.41) is 11.0. The predicted molar refractivity (Wildman–Crippen MR) is 147 cm³/mol. The van der Waals surface area contributed by atoms with Gasteiger partial charge in [-0.25, -0.2) is 4.68 Å². The van der Waals surface area contributed by atoms with Crippen molar-refractivity contribution in [3.05, 3.63) is 76.6 Å². The summed E-state index contributed by atoms with van der Waals surface area (Å²) in [7, 11) is 0. The largest absolute Gasteiger partial charge is 0.416 e. The summed E-state index contributed by atoms with van der Waals surface area (Å²) in [4.78, 5) is 20.4. The number of nitrogens with one attached hydrogen (secondary N) is 1. The highest BCUT2D eigenvalue weighted by atomic mass is 32.1. The first-order valence-electron chi connectivity index (χ1n) is 13.0. The van der Waals surface area contributed by atoms with Gasteiger partial charge in [-0.05, 0) is 74.2 Å². The summed E-state index contributed by atoms with van der Waals surface area (Å²) >= 11 is 1.44. The summed E-state index contributed by atoms with van der Waals surface area (Å²) in [6.07, 6.45) is 1.02. The second kappa shape index (κ2) is 12.3. The Morgan fingerprint density at radius 1 is 1.12 bits per heavy atom. The van der Waals surface area contributed by atoms with E-state index < -0.39 is 17.6 Å². The van der Waals surface area contributed by atoms with Crippen LogP contribution in [0.4, 0.5) is 18.9 Å². The van der Waals surface area contributed by atoms with Gasteiger partial charge in [-0.2, -0.15) is 13.2 Å². The number of morpholine rings is 1. The highest BCUT2D eigenvalue weighted by Crippen LogP contribution is 2.33. The maximum atomic E-state index is 13.7. The minimum Gasteiger partial charge on any atom is -0.379 e. The number of hydrogen-bond acceptors (Lipinski definition) is 7. The van der Waals surface area contributed by atoms with Gasteiger partial charge >= 0.3 is 6.18 Å². The van der Waals surface area contributed by atoms with Gasteiger partial charge in [-0.3, -0.25) is 14.7 Å². The summed E-state index contributed by atoms with van der Waals surface area (Å²) in [6, 6.07) is 8.81. The van der Waals surface area contributed by atoms with E-state index in [2.05, 4.69) is 25.5 Å². The number of hydrogen-bond donors (Lipinski definition) is 1. The number of amides is 1. The lowest BCUT2D eigenvalue weighted by atomic mass is 10.0. The fraction of sp³-hybridized carbons (Fsp3) is 0.357. The van der Waals surface area contributed by atoms with Crippen LogP contribution in [0.15, 0.2) is 54.3 Å². The normalized spacial score (nSPS) is 14.4. The van der Waals surface area contributed by atoms with Crippen molar-refractivity contribution in [3.63, 3.8) is 0 Å². The number of thiazole rings is 1. The molecule has 40 heavy (non-hydrogen) atoms. The number of carbonyl (C=O) groups excluding carboxylic acids is 1. The molecule has 0 radical (unpaired) electrons. The van der Waals surface area contributed by atoms with Crippen LogP contribution in [0.1, 0.15) is 39.9 Å². The van der Waals surface area contributed by atoms with Gasteiger partial charge in [0.15, 0.2) is 0 Å². The molecule has 1 aliphatic rings. The van der Waals surface area contributed by atoms with E-state index in [4.69, 9.17) is 4.74 Å². The Labute approximate surface area is 233 Å². The summed E-state index contributed by atoms with van der Waals surface area (Å²) < 4.78 is 48.0. The second-order valence-corrected chi connectivity index (χ2v) is 10.6. The van der Waals surface area contributed by atoms with E-state index in [1.807, 2.05) is 6.92 Å². The monoisotopic (exact) mass is 570 g/mol. The van der Waals surface area contributed by atoms with Crippen molar-refractivity contribution < 1.29 is 22.7 Å². The van der Waals surface area contributed by atoms with Crippen LogP contribution >= 0.6 is 11.3 Å². The Kier molecular flexibility index (Phi) is 8.57. The molecule has 210 valence electrons. The molecule has 0 atom stereocenters. The predicted octanol–water partition coefficient (Wildman–Crippen LogP) is 5.63. The highest BCUT2D eigenvalue weighted by molar-refractivity contribution is 7.13. The first-order valence-corrected chi connectivity index (χ1v) is 13.9. The van der Waals surface area contributed by atoms with E-state index in [0.29, 0.717) is 42.1 Å². The smallest absolute Gasteiger partial charge is 0.379 e. The quantitative estimate of drug-likeness (QED) is 0.263. The van der Waals surface area contributed by atoms with Gasteiger partial charge in [0, 0.05) is 30.5 Å². The Hall–Kier alpha value is -3.61. The van der Waals surface area contributed by atoms with E-state index in [0.717, 1.165) is 49.0 Å². The van der Waals surface area contributed by atoms with Crippen LogP contribution in [0, 0.1) is 6.92 Å². The first-order chi connectivity index (χ1) is 19.3. The van der Waals surface area contributed by atoms with Crippen LogP contribution in [0.2, 0.25) is 0 Å². The Morgan fingerprint density at radius 2 is 1.95 bits per heavy atom. The van der Waals surface area contributed by atoms with Crippen molar-refractivity contribution in [1.82, 2.24) is 24.9 Å². The molecule has 5 rings (SSSR count). The summed E-state index contributed by atoms with van der Waals surface area (Å²) in [6.45, 7) is 5.95. The van der Waals surface area contributed by atoms with Crippen molar-refractivity contribution in [2.45, 2.75) is 32.4 Å². The Morgan fingerprint density at radius 3 is 2.70 bits per heavy atom. The van der Waals surface area contributed by atoms with Crippen LogP contribution in [0.5, 0.6) is 0 Å². The number of nitrogens with zero attached hydrogens (tertiary/aromatic N) is 5. The molecule has 3 heterocycles. The molecule has 12 heteroatoms. The average molecular weight is 571 g/mol. The van der Waals surface area contributed by atoms with Crippen molar-refractivity contribution in [3.8, 4) is 16.3 Å². The molecule has 1 aliphatic heterocycles. The Balaban J connectivity index is 1.30. The molecule has 4 aromatic rings. The van der Waals surface area contributed by atoms with Crippen LogP contribution in [-0.2, 0) is 17.3 Å². The third kappa shape index (κ3) is 6.93. The second-order valence-electron chi connectivity index (χ2n) is 9.70. The van der Waals surface area contributed by atoms with Crippen molar-refractivity contribution in [1.29, 1.82) is 0 Å². The minimum atomic E-state index is -4.52. The van der Waals surface area contributed by atoms with Crippen molar-refractivity contribution in [2.75, 3.05) is 38.2 Å². The fourth-order valence-electron chi connectivity index (χ4n) is 4.60. The maximum Gasteiger partial charge on any atom is 0.416 e. The lowest BCUT2D eigenvalue weighted by Gasteiger charge is -2.26. The lowest BCUT2D eigenvalue weighted by molar-refractivity contribution is -0.137. The van der Waals surface area contributed by atoms with E-state index >= 15 is 0 Å². The number of carbonyl (C=O) groups is 1. The van der Waals surface area contributed by atoms with Gasteiger partial charge in [0.2, 0.25) is 0 Å². The number of aryl methyl sites for hydroxylation is 2.